The number of rotatable bonds is 4. The van der Waals surface area contributed by atoms with Crippen LogP contribution in [-0.4, -0.2) is 40.1 Å². The van der Waals surface area contributed by atoms with Crippen LogP contribution in [0.3, 0.4) is 0 Å². The van der Waals surface area contributed by atoms with Crippen LogP contribution in [0.4, 0.5) is 18.0 Å². The standard InChI is InChI=1S/C13H14F3N3O3/c14-13(15,16)7-19-10(20)6-9(18-12(19)22)17-11(21)8-4-2-1-3-5-8/h1-6,10-11,17,20-21H,7H2,(H,18,22)/t10?,11-/m0/s1. The van der Waals surface area contributed by atoms with E-state index in [4.69, 9.17) is 0 Å². The number of aliphatic hydroxyl groups excluding tert-OH is 2. The van der Waals surface area contributed by atoms with Gasteiger partial charge in [0.1, 0.15) is 12.4 Å². The van der Waals surface area contributed by atoms with E-state index in [-0.39, 0.29) is 10.7 Å². The Hall–Kier alpha value is -2.26. The third-order valence-electron chi connectivity index (χ3n) is 2.89. The highest BCUT2D eigenvalue weighted by Crippen LogP contribution is 2.20. The summed E-state index contributed by atoms with van der Waals surface area (Å²) in [5, 5.41) is 24.2. The average molecular weight is 317 g/mol. The van der Waals surface area contributed by atoms with E-state index in [1.807, 2.05) is 0 Å². The van der Waals surface area contributed by atoms with Crippen LogP contribution in [-0.2, 0) is 0 Å². The summed E-state index contributed by atoms with van der Waals surface area (Å²) in [5.41, 5.74) is 0.491. The molecule has 0 saturated carbocycles. The van der Waals surface area contributed by atoms with E-state index in [1.165, 1.54) is 0 Å². The molecule has 1 heterocycles. The summed E-state index contributed by atoms with van der Waals surface area (Å²) in [6, 6.07) is 7.25. The molecule has 0 aromatic heterocycles. The second kappa shape index (κ2) is 6.24. The zero-order chi connectivity index (χ0) is 16.3. The van der Waals surface area contributed by atoms with E-state index in [0.29, 0.717) is 5.56 Å². The van der Waals surface area contributed by atoms with Gasteiger partial charge in [-0.1, -0.05) is 30.3 Å². The first-order valence-electron chi connectivity index (χ1n) is 6.30. The molecule has 22 heavy (non-hydrogen) atoms. The first-order chi connectivity index (χ1) is 10.3. The Morgan fingerprint density at radius 2 is 1.95 bits per heavy atom. The minimum Gasteiger partial charge on any atom is -0.370 e. The molecule has 0 spiro atoms. The third-order valence-corrected chi connectivity index (χ3v) is 2.89. The van der Waals surface area contributed by atoms with Gasteiger partial charge in [-0.25, -0.2) is 4.79 Å². The molecule has 6 nitrogen and oxygen atoms in total. The van der Waals surface area contributed by atoms with Crippen molar-refractivity contribution in [1.82, 2.24) is 15.5 Å². The van der Waals surface area contributed by atoms with E-state index >= 15 is 0 Å². The van der Waals surface area contributed by atoms with Gasteiger partial charge in [0.05, 0.1) is 0 Å². The average Bonchev–Trinajstić information content (AvgIpc) is 2.43. The number of benzene rings is 1. The van der Waals surface area contributed by atoms with Gasteiger partial charge in [-0.15, -0.1) is 0 Å². The highest BCUT2D eigenvalue weighted by molar-refractivity contribution is 5.77. The first-order valence-corrected chi connectivity index (χ1v) is 6.30. The normalized spacial score (nSPS) is 20.2. The molecule has 0 aliphatic carbocycles. The molecule has 4 N–H and O–H groups in total. The molecule has 0 fully saturated rings. The predicted octanol–water partition coefficient (Wildman–Crippen LogP) is 1.01. The van der Waals surface area contributed by atoms with Gasteiger partial charge in [0.2, 0.25) is 0 Å². The zero-order valence-electron chi connectivity index (χ0n) is 11.2. The maximum absolute atomic E-state index is 12.3. The van der Waals surface area contributed by atoms with Gasteiger partial charge in [0, 0.05) is 11.6 Å². The van der Waals surface area contributed by atoms with Crippen LogP contribution < -0.4 is 10.6 Å². The Bertz CT molecular complexity index is 563. The summed E-state index contributed by atoms with van der Waals surface area (Å²) < 4.78 is 36.9. The topological polar surface area (TPSA) is 84.8 Å². The molecule has 1 aromatic carbocycles. The highest BCUT2D eigenvalue weighted by Gasteiger charge is 2.37. The summed E-state index contributed by atoms with van der Waals surface area (Å²) >= 11 is 0. The van der Waals surface area contributed by atoms with Crippen molar-refractivity contribution < 1.29 is 28.2 Å². The van der Waals surface area contributed by atoms with Gasteiger partial charge in [0.25, 0.3) is 0 Å². The van der Waals surface area contributed by atoms with Crippen molar-refractivity contribution >= 4 is 6.03 Å². The van der Waals surface area contributed by atoms with Crippen LogP contribution in [0.15, 0.2) is 42.2 Å². The lowest BCUT2D eigenvalue weighted by molar-refractivity contribution is -0.152. The summed E-state index contributed by atoms with van der Waals surface area (Å²) in [4.78, 5) is 11.8. The predicted molar refractivity (Wildman–Crippen MR) is 69.9 cm³/mol. The Balaban J connectivity index is 2.05. The van der Waals surface area contributed by atoms with E-state index in [9.17, 15) is 28.2 Å². The summed E-state index contributed by atoms with van der Waals surface area (Å²) in [6.07, 6.45) is -6.59. The van der Waals surface area contributed by atoms with Gasteiger partial charge in [-0.05, 0) is 0 Å². The van der Waals surface area contributed by atoms with Crippen molar-refractivity contribution in [3.63, 3.8) is 0 Å². The van der Waals surface area contributed by atoms with Crippen LogP contribution in [0.25, 0.3) is 0 Å². The quantitative estimate of drug-likeness (QED) is 0.625. The molecule has 2 rings (SSSR count). The number of carbonyl (C=O) groups excluding carboxylic acids is 1. The fourth-order valence-electron chi connectivity index (χ4n) is 1.90. The smallest absolute Gasteiger partial charge is 0.370 e. The molecule has 0 saturated heterocycles. The lowest BCUT2D eigenvalue weighted by Gasteiger charge is -2.32. The van der Waals surface area contributed by atoms with Gasteiger partial charge in [-0.2, -0.15) is 13.2 Å². The molecule has 2 atom stereocenters. The number of hydrogen-bond donors (Lipinski definition) is 4. The van der Waals surface area contributed by atoms with E-state index in [1.54, 1.807) is 30.3 Å². The fraction of sp³-hybridized carbons (Fsp3) is 0.308. The number of amides is 2. The van der Waals surface area contributed by atoms with Crippen molar-refractivity contribution in [3.8, 4) is 0 Å². The lowest BCUT2D eigenvalue weighted by Crippen LogP contribution is -2.54. The van der Waals surface area contributed by atoms with Crippen molar-refractivity contribution in [2.45, 2.75) is 18.6 Å². The molecule has 1 unspecified atom stereocenters. The number of aliphatic hydroxyl groups is 2. The number of nitrogens with zero attached hydrogens (tertiary/aromatic N) is 1. The van der Waals surface area contributed by atoms with Gasteiger partial charge in [-0.3, -0.25) is 10.2 Å². The van der Waals surface area contributed by atoms with Crippen molar-refractivity contribution in [2.24, 2.45) is 0 Å². The number of hydrogen-bond acceptors (Lipinski definition) is 4. The number of alkyl halides is 3. The van der Waals surface area contributed by atoms with E-state index in [2.05, 4.69) is 10.6 Å². The van der Waals surface area contributed by atoms with E-state index in [0.717, 1.165) is 6.08 Å². The maximum atomic E-state index is 12.3. The zero-order valence-corrected chi connectivity index (χ0v) is 11.2. The number of carbonyl (C=O) groups is 1. The highest BCUT2D eigenvalue weighted by atomic mass is 19.4. The summed E-state index contributed by atoms with van der Waals surface area (Å²) in [7, 11) is 0. The molecule has 120 valence electrons. The molecular formula is C13H14F3N3O3. The Morgan fingerprint density at radius 1 is 1.32 bits per heavy atom. The first kappa shape index (κ1) is 16.1. The van der Waals surface area contributed by atoms with Crippen molar-refractivity contribution in [2.75, 3.05) is 6.54 Å². The molecule has 1 aromatic rings. The Labute approximate surface area is 123 Å². The van der Waals surface area contributed by atoms with Crippen LogP contribution in [0.5, 0.6) is 0 Å². The Kier molecular flexibility index (Phi) is 4.57. The fourth-order valence-corrected chi connectivity index (χ4v) is 1.90. The maximum Gasteiger partial charge on any atom is 0.406 e. The van der Waals surface area contributed by atoms with Crippen LogP contribution >= 0.6 is 0 Å². The lowest BCUT2D eigenvalue weighted by atomic mass is 10.2. The number of urea groups is 1. The van der Waals surface area contributed by atoms with Gasteiger partial charge in [0.15, 0.2) is 12.5 Å². The molecule has 2 amide bonds. The monoisotopic (exact) mass is 317 g/mol. The molecule has 1 aliphatic rings. The molecule has 1 aliphatic heterocycles. The van der Waals surface area contributed by atoms with Crippen molar-refractivity contribution in [1.29, 1.82) is 0 Å². The van der Waals surface area contributed by atoms with Gasteiger partial charge >= 0.3 is 12.2 Å². The van der Waals surface area contributed by atoms with Crippen LogP contribution in [0, 0.1) is 0 Å². The molecular weight excluding hydrogens is 303 g/mol. The minimum absolute atomic E-state index is 0.0766. The van der Waals surface area contributed by atoms with E-state index < -0.39 is 31.2 Å². The Morgan fingerprint density at radius 3 is 2.50 bits per heavy atom. The van der Waals surface area contributed by atoms with Crippen molar-refractivity contribution in [3.05, 3.63) is 47.8 Å². The van der Waals surface area contributed by atoms with Crippen LogP contribution in [0.1, 0.15) is 11.8 Å². The summed E-state index contributed by atoms with van der Waals surface area (Å²) in [6.45, 7) is -1.58. The van der Waals surface area contributed by atoms with Crippen LogP contribution in [0.2, 0.25) is 0 Å². The number of nitrogens with one attached hydrogen (secondary N) is 2. The summed E-state index contributed by atoms with van der Waals surface area (Å²) in [5.74, 6) is -0.0766. The second-order valence-electron chi connectivity index (χ2n) is 4.62. The minimum atomic E-state index is -4.62. The molecule has 0 radical (unpaired) electrons. The third kappa shape index (κ3) is 4.12. The van der Waals surface area contributed by atoms with Gasteiger partial charge < -0.3 is 15.5 Å². The SMILES string of the molecule is O=C1NC(N[C@@H](O)c2ccccc2)=CC(O)N1CC(F)(F)F. The molecule has 0 bridgehead atoms. The molecule has 9 heteroatoms. The number of halogens is 3. The largest absolute Gasteiger partial charge is 0.406 e. The second-order valence-corrected chi connectivity index (χ2v) is 4.62.